The van der Waals surface area contributed by atoms with Gasteiger partial charge in [0.25, 0.3) is 0 Å². The van der Waals surface area contributed by atoms with Crippen LogP contribution in [0.4, 0.5) is 4.39 Å². The molecule has 86 valence electrons. The smallest absolute Gasteiger partial charge is 0.328 e. The summed E-state index contributed by atoms with van der Waals surface area (Å²) in [7, 11) is 1.63. The van der Waals surface area contributed by atoms with Crippen molar-refractivity contribution in [3.63, 3.8) is 0 Å². The molecule has 0 aliphatic carbocycles. The lowest BCUT2D eigenvalue weighted by Crippen LogP contribution is -2.23. The third-order valence-electron chi connectivity index (χ3n) is 2.75. The van der Waals surface area contributed by atoms with E-state index in [0.717, 1.165) is 0 Å². The van der Waals surface area contributed by atoms with Gasteiger partial charge in [-0.05, 0) is 18.6 Å². The number of benzene rings is 1. The molecule has 0 saturated heterocycles. The van der Waals surface area contributed by atoms with Gasteiger partial charge in [0.1, 0.15) is 5.82 Å². The molecule has 0 bridgehead atoms. The zero-order valence-corrected chi connectivity index (χ0v) is 9.20. The first-order chi connectivity index (χ1) is 7.56. The van der Waals surface area contributed by atoms with Crippen molar-refractivity contribution < 1.29 is 9.50 Å². The Hall–Kier alpha value is -1.62. The fourth-order valence-corrected chi connectivity index (χ4v) is 1.84. The van der Waals surface area contributed by atoms with Crippen LogP contribution in [0.5, 0.6) is 0 Å². The van der Waals surface area contributed by atoms with Gasteiger partial charge in [-0.15, -0.1) is 0 Å². The van der Waals surface area contributed by atoms with Gasteiger partial charge >= 0.3 is 5.69 Å². The van der Waals surface area contributed by atoms with Crippen LogP contribution in [0.3, 0.4) is 0 Å². The minimum absolute atomic E-state index is 0.144. The summed E-state index contributed by atoms with van der Waals surface area (Å²) >= 11 is 0. The van der Waals surface area contributed by atoms with E-state index in [-0.39, 0.29) is 24.7 Å². The molecule has 0 radical (unpaired) electrons. The lowest BCUT2D eigenvalue weighted by molar-refractivity contribution is 0.275. The molecule has 0 unspecified atom stereocenters. The highest BCUT2D eigenvalue weighted by atomic mass is 19.1. The van der Waals surface area contributed by atoms with Gasteiger partial charge in [0.05, 0.1) is 24.2 Å². The Balaban J connectivity index is 2.86. The lowest BCUT2D eigenvalue weighted by atomic mass is 10.2. The summed E-state index contributed by atoms with van der Waals surface area (Å²) in [5, 5.41) is 8.87. The van der Waals surface area contributed by atoms with Crippen LogP contribution in [0.2, 0.25) is 0 Å². The molecule has 1 N–H and O–H groups in total. The second-order valence-corrected chi connectivity index (χ2v) is 3.81. The Labute approximate surface area is 91.5 Å². The summed E-state index contributed by atoms with van der Waals surface area (Å²) in [6, 6.07) is 2.97. The minimum atomic E-state index is -0.343. The first-order valence-electron chi connectivity index (χ1n) is 5.02. The number of aliphatic hydroxyl groups excluding tert-OH is 1. The Morgan fingerprint density at radius 1 is 1.38 bits per heavy atom. The van der Waals surface area contributed by atoms with E-state index in [1.165, 1.54) is 15.2 Å². The molecule has 0 atom stereocenters. The van der Waals surface area contributed by atoms with Gasteiger partial charge in [-0.1, -0.05) is 0 Å². The van der Waals surface area contributed by atoms with E-state index >= 15 is 0 Å². The van der Waals surface area contributed by atoms with Crippen LogP contribution in [0.15, 0.2) is 16.9 Å². The van der Waals surface area contributed by atoms with E-state index in [1.807, 2.05) is 0 Å². The van der Waals surface area contributed by atoms with E-state index in [0.29, 0.717) is 16.6 Å². The van der Waals surface area contributed by atoms with Gasteiger partial charge in [-0.2, -0.15) is 0 Å². The van der Waals surface area contributed by atoms with Gasteiger partial charge in [0.15, 0.2) is 0 Å². The molecule has 2 rings (SSSR count). The summed E-state index contributed by atoms with van der Waals surface area (Å²) in [5.74, 6) is -0.343. The third-order valence-corrected chi connectivity index (χ3v) is 2.75. The Bertz CT molecular complexity index is 598. The van der Waals surface area contributed by atoms with E-state index < -0.39 is 0 Å². The highest BCUT2D eigenvalue weighted by Gasteiger charge is 2.12. The van der Waals surface area contributed by atoms with Crippen LogP contribution in [0.25, 0.3) is 11.0 Å². The molecule has 0 amide bonds. The standard InChI is InChI=1S/C11H13FN2O2/c1-7-5-9-10(6-8(7)12)14(3-4-15)11(16)13(9)2/h5-6,15H,3-4H2,1-2H3. The molecular formula is C11H13FN2O2. The van der Waals surface area contributed by atoms with Crippen LogP contribution < -0.4 is 5.69 Å². The zero-order chi connectivity index (χ0) is 11.9. The Morgan fingerprint density at radius 2 is 2.06 bits per heavy atom. The molecule has 2 aromatic rings. The Morgan fingerprint density at radius 3 is 2.69 bits per heavy atom. The van der Waals surface area contributed by atoms with Gasteiger partial charge in [0.2, 0.25) is 0 Å². The van der Waals surface area contributed by atoms with Gasteiger partial charge in [0, 0.05) is 13.1 Å². The number of hydrogen-bond acceptors (Lipinski definition) is 2. The van der Waals surface area contributed by atoms with E-state index in [4.69, 9.17) is 5.11 Å². The zero-order valence-electron chi connectivity index (χ0n) is 9.20. The molecule has 5 heteroatoms. The van der Waals surface area contributed by atoms with Gasteiger partial charge in [-0.25, -0.2) is 9.18 Å². The van der Waals surface area contributed by atoms with Crippen LogP contribution in [-0.2, 0) is 13.6 Å². The van der Waals surface area contributed by atoms with Crippen molar-refractivity contribution in [2.45, 2.75) is 13.5 Å². The number of aryl methyl sites for hydroxylation is 2. The number of rotatable bonds is 2. The second kappa shape index (κ2) is 3.75. The van der Waals surface area contributed by atoms with E-state index in [1.54, 1.807) is 20.0 Å². The maximum Gasteiger partial charge on any atom is 0.328 e. The molecular weight excluding hydrogens is 211 g/mol. The SMILES string of the molecule is Cc1cc2c(cc1F)n(CCO)c(=O)n2C. The molecule has 0 aliphatic heterocycles. The summed E-state index contributed by atoms with van der Waals surface area (Å²) in [4.78, 5) is 11.8. The Kier molecular flexibility index (Phi) is 2.55. The largest absolute Gasteiger partial charge is 0.395 e. The van der Waals surface area contributed by atoms with Crippen molar-refractivity contribution in [2.24, 2.45) is 7.05 Å². The molecule has 0 fully saturated rings. The topological polar surface area (TPSA) is 47.2 Å². The highest BCUT2D eigenvalue weighted by molar-refractivity contribution is 5.77. The number of aliphatic hydroxyl groups is 1. The summed E-state index contributed by atoms with van der Waals surface area (Å²) in [6.45, 7) is 1.69. The first-order valence-corrected chi connectivity index (χ1v) is 5.02. The van der Waals surface area contributed by atoms with Crippen LogP contribution in [0, 0.1) is 12.7 Å². The number of hydrogen-bond donors (Lipinski definition) is 1. The predicted molar refractivity (Wildman–Crippen MR) is 59.0 cm³/mol. The lowest BCUT2D eigenvalue weighted by Gasteiger charge is -2.01. The van der Waals surface area contributed by atoms with Crippen LogP contribution in [-0.4, -0.2) is 20.8 Å². The monoisotopic (exact) mass is 224 g/mol. The quantitative estimate of drug-likeness (QED) is 0.819. The molecule has 0 aliphatic rings. The minimum Gasteiger partial charge on any atom is -0.395 e. The third kappa shape index (κ3) is 1.44. The molecule has 1 aromatic heterocycles. The van der Waals surface area contributed by atoms with Crippen molar-refractivity contribution in [1.82, 2.24) is 9.13 Å². The van der Waals surface area contributed by atoms with Crippen molar-refractivity contribution in [2.75, 3.05) is 6.61 Å². The highest BCUT2D eigenvalue weighted by Crippen LogP contribution is 2.17. The summed E-state index contributed by atoms with van der Waals surface area (Å²) in [6.07, 6.45) is 0. The number of imidazole rings is 1. The molecule has 4 nitrogen and oxygen atoms in total. The average molecular weight is 224 g/mol. The first kappa shape index (κ1) is 10.9. The normalized spacial score (nSPS) is 11.2. The van der Waals surface area contributed by atoms with E-state index in [2.05, 4.69) is 0 Å². The van der Waals surface area contributed by atoms with Gasteiger partial charge < -0.3 is 5.11 Å². The summed E-state index contributed by atoms with van der Waals surface area (Å²) < 4.78 is 16.3. The maximum atomic E-state index is 13.4. The molecule has 0 spiro atoms. The number of halogens is 1. The van der Waals surface area contributed by atoms with Crippen molar-refractivity contribution >= 4 is 11.0 Å². The molecule has 1 heterocycles. The maximum absolute atomic E-state index is 13.4. The average Bonchev–Trinajstić information content (AvgIpc) is 2.46. The fourth-order valence-electron chi connectivity index (χ4n) is 1.84. The molecule has 1 aromatic carbocycles. The summed E-state index contributed by atoms with van der Waals surface area (Å²) in [5.41, 5.74) is 1.46. The van der Waals surface area contributed by atoms with Gasteiger partial charge in [-0.3, -0.25) is 9.13 Å². The number of fused-ring (bicyclic) bond motifs is 1. The van der Waals surface area contributed by atoms with Crippen molar-refractivity contribution in [1.29, 1.82) is 0 Å². The van der Waals surface area contributed by atoms with Crippen molar-refractivity contribution in [3.05, 3.63) is 34.0 Å². The second-order valence-electron chi connectivity index (χ2n) is 3.81. The molecule has 0 saturated carbocycles. The number of nitrogens with zero attached hydrogens (tertiary/aromatic N) is 2. The molecule has 16 heavy (non-hydrogen) atoms. The van der Waals surface area contributed by atoms with E-state index in [9.17, 15) is 9.18 Å². The predicted octanol–water partition coefficient (Wildman–Crippen LogP) is 0.780. The fraction of sp³-hybridized carbons (Fsp3) is 0.364. The van der Waals surface area contributed by atoms with Crippen LogP contribution in [0.1, 0.15) is 5.56 Å². The van der Waals surface area contributed by atoms with Crippen molar-refractivity contribution in [3.8, 4) is 0 Å². The number of aromatic nitrogens is 2. The van der Waals surface area contributed by atoms with Crippen LogP contribution >= 0.6 is 0 Å².